The minimum absolute atomic E-state index is 0.255. The van der Waals surface area contributed by atoms with Crippen LogP contribution in [0.25, 0.3) is 6.08 Å². The van der Waals surface area contributed by atoms with Gasteiger partial charge in [-0.25, -0.2) is 4.79 Å². The van der Waals surface area contributed by atoms with Crippen LogP contribution in [-0.4, -0.2) is 36.6 Å². The Kier molecular flexibility index (Phi) is 6.52. The van der Waals surface area contributed by atoms with Crippen molar-refractivity contribution in [2.45, 2.75) is 25.4 Å². The van der Waals surface area contributed by atoms with E-state index in [4.69, 9.17) is 9.15 Å². The lowest BCUT2D eigenvalue weighted by molar-refractivity contribution is -0.111. The molecule has 7 nitrogen and oxygen atoms in total. The van der Waals surface area contributed by atoms with E-state index in [0.29, 0.717) is 42.1 Å². The van der Waals surface area contributed by atoms with Gasteiger partial charge >= 0.3 is 6.09 Å². The molecule has 3 rings (SSSR count). The Labute approximate surface area is 172 Å². The summed E-state index contributed by atoms with van der Waals surface area (Å²) in [5, 5.41) is 12.9. The van der Waals surface area contributed by atoms with Crippen LogP contribution in [0.1, 0.15) is 28.2 Å². The molecular weight excluding hydrogens is 390 g/mol. The fourth-order valence-electron chi connectivity index (χ4n) is 3.06. The van der Waals surface area contributed by atoms with Crippen molar-refractivity contribution in [2.24, 2.45) is 0 Å². The maximum absolute atomic E-state index is 12.2. The molecular formula is C21H21N3O4S. The molecule has 1 aliphatic rings. The Bertz CT molecular complexity index is 969. The molecule has 1 aliphatic carbocycles. The first-order valence-corrected chi connectivity index (χ1v) is 9.93. The number of hydrogen-bond donors (Lipinski definition) is 1. The van der Waals surface area contributed by atoms with Crippen molar-refractivity contribution in [1.82, 2.24) is 4.90 Å². The third-order valence-electron chi connectivity index (χ3n) is 4.49. The second-order valence-electron chi connectivity index (χ2n) is 6.58. The molecule has 8 heteroatoms. The number of ether oxygens (including phenoxy) is 1. The second kappa shape index (κ2) is 9.26. The highest BCUT2D eigenvalue weighted by Crippen LogP contribution is 2.38. The van der Waals surface area contributed by atoms with Crippen LogP contribution in [-0.2, 0) is 22.4 Å². The number of carbonyl (C=O) groups is 2. The van der Waals surface area contributed by atoms with Crippen molar-refractivity contribution in [2.75, 3.05) is 18.9 Å². The molecule has 29 heavy (non-hydrogen) atoms. The molecule has 2 heterocycles. The number of likely N-dealkylation sites (N-methyl/N-ethyl adjacent to an activating group) is 1. The summed E-state index contributed by atoms with van der Waals surface area (Å²) in [6.07, 6.45) is 7.21. The van der Waals surface area contributed by atoms with Crippen molar-refractivity contribution in [3.63, 3.8) is 0 Å². The van der Waals surface area contributed by atoms with E-state index in [9.17, 15) is 14.9 Å². The maximum atomic E-state index is 12.2. The summed E-state index contributed by atoms with van der Waals surface area (Å²) in [6, 6.07) is 5.67. The highest BCUT2D eigenvalue weighted by molar-refractivity contribution is 7.16. The number of rotatable bonds is 6. The van der Waals surface area contributed by atoms with Crippen molar-refractivity contribution < 1.29 is 18.7 Å². The van der Waals surface area contributed by atoms with Crippen LogP contribution >= 0.6 is 11.3 Å². The van der Waals surface area contributed by atoms with Crippen LogP contribution in [0.4, 0.5) is 9.80 Å². The van der Waals surface area contributed by atoms with Crippen molar-refractivity contribution in [3.8, 4) is 6.07 Å². The fraction of sp³-hybridized carbons (Fsp3) is 0.286. The molecule has 2 aromatic rings. The van der Waals surface area contributed by atoms with Crippen LogP contribution in [0.15, 0.2) is 41.5 Å². The highest BCUT2D eigenvalue weighted by Gasteiger charge is 2.28. The third kappa shape index (κ3) is 4.95. The third-order valence-corrected chi connectivity index (χ3v) is 5.66. The number of anilines is 1. The zero-order chi connectivity index (χ0) is 20.8. The Hall–Kier alpha value is -3.31. The number of furan rings is 1. The van der Waals surface area contributed by atoms with Gasteiger partial charge in [0.15, 0.2) is 0 Å². The number of nitrogens with one attached hydrogen (secondary N) is 1. The summed E-state index contributed by atoms with van der Waals surface area (Å²) in [4.78, 5) is 26.7. The molecule has 0 saturated carbocycles. The lowest BCUT2D eigenvalue weighted by atomic mass is 9.94. The van der Waals surface area contributed by atoms with Gasteiger partial charge in [0, 0.05) is 31.0 Å². The van der Waals surface area contributed by atoms with E-state index >= 15 is 0 Å². The standard InChI is InChI=1S/C21H21N3O4S/c1-3-10-24(2)21(26)28-15-6-8-16-17(13-22)20(29-18(16)12-15)23-19(25)9-7-14-5-4-11-27-14/h3-5,7,9,11,15H,1,6,8,10,12H2,2H3,(H,23,25)/b9-7+. The van der Waals surface area contributed by atoms with Crippen LogP contribution < -0.4 is 5.32 Å². The molecule has 2 amide bonds. The van der Waals surface area contributed by atoms with Gasteiger partial charge in [0.1, 0.15) is 22.9 Å². The zero-order valence-electron chi connectivity index (χ0n) is 16.0. The minimum atomic E-state index is -0.396. The molecule has 0 saturated heterocycles. The summed E-state index contributed by atoms with van der Waals surface area (Å²) in [7, 11) is 1.65. The van der Waals surface area contributed by atoms with Gasteiger partial charge in [-0.1, -0.05) is 6.08 Å². The Morgan fingerprint density at radius 2 is 2.38 bits per heavy atom. The summed E-state index contributed by atoms with van der Waals surface area (Å²) in [5.41, 5.74) is 1.41. The van der Waals surface area contributed by atoms with E-state index in [1.54, 1.807) is 31.3 Å². The topological polar surface area (TPSA) is 95.6 Å². The lowest BCUT2D eigenvalue weighted by Gasteiger charge is -2.25. The van der Waals surface area contributed by atoms with E-state index in [2.05, 4.69) is 18.0 Å². The van der Waals surface area contributed by atoms with E-state index in [-0.39, 0.29) is 12.0 Å². The first kappa shape index (κ1) is 20.4. The molecule has 0 fully saturated rings. The molecule has 0 bridgehead atoms. The number of nitriles is 1. The van der Waals surface area contributed by atoms with Crippen LogP contribution in [0.5, 0.6) is 0 Å². The molecule has 0 radical (unpaired) electrons. The summed E-state index contributed by atoms with van der Waals surface area (Å²) in [6.45, 7) is 4.02. The van der Waals surface area contributed by atoms with Crippen molar-refractivity contribution >= 4 is 34.4 Å². The summed E-state index contributed by atoms with van der Waals surface area (Å²) >= 11 is 1.35. The van der Waals surface area contributed by atoms with E-state index in [1.165, 1.54) is 28.6 Å². The largest absolute Gasteiger partial charge is 0.465 e. The zero-order valence-corrected chi connectivity index (χ0v) is 16.8. The Morgan fingerprint density at radius 3 is 3.07 bits per heavy atom. The lowest BCUT2D eigenvalue weighted by Crippen LogP contribution is -2.33. The van der Waals surface area contributed by atoms with Gasteiger partial charge in [0.25, 0.3) is 0 Å². The van der Waals surface area contributed by atoms with Crippen LogP contribution in [0.3, 0.4) is 0 Å². The monoisotopic (exact) mass is 411 g/mol. The van der Waals surface area contributed by atoms with E-state index in [1.807, 2.05) is 0 Å². The molecule has 1 unspecified atom stereocenters. The average Bonchev–Trinajstić information content (AvgIpc) is 3.33. The first-order chi connectivity index (χ1) is 14.0. The first-order valence-electron chi connectivity index (χ1n) is 9.11. The number of carbonyl (C=O) groups excluding carboxylic acids is 2. The quantitative estimate of drug-likeness (QED) is 0.573. The summed E-state index contributed by atoms with van der Waals surface area (Å²) < 4.78 is 10.7. The average molecular weight is 411 g/mol. The van der Waals surface area contributed by atoms with Gasteiger partial charge < -0.3 is 19.4 Å². The van der Waals surface area contributed by atoms with Crippen molar-refractivity contribution in [1.29, 1.82) is 5.26 Å². The maximum Gasteiger partial charge on any atom is 0.410 e. The Balaban J connectivity index is 1.68. The molecule has 0 aromatic carbocycles. The SMILES string of the molecule is C=CCN(C)C(=O)OC1CCc2c(sc(NC(=O)/C=C/c3ccco3)c2C#N)C1. The smallest absolute Gasteiger partial charge is 0.410 e. The van der Waals surface area contributed by atoms with Gasteiger partial charge in [0.05, 0.1) is 11.8 Å². The van der Waals surface area contributed by atoms with Gasteiger partial charge in [-0.2, -0.15) is 5.26 Å². The predicted molar refractivity (Wildman–Crippen MR) is 111 cm³/mol. The van der Waals surface area contributed by atoms with Gasteiger partial charge in [-0.05, 0) is 36.6 Å². The number of amides is 2. The Morgan fingerprint density at radius 1 is 1.55 bits per heavy atom. The predicted octanol–water partition coefficient (Wildman–Crippen LogP) is 3.98. The second-order valence-corrected chi connectivity index (χ2v) is 7.68. The molecule has 0 aliphatic heterocycles. The molecule has 1 atom stereocenters. The minimum Gasteiger partial charge on any atom is -0.465 e. The number of nitrogens with zero attached hydrogens (tertiary/aromatic N) is 2. The summed E-state index contributed by atoms with van der Waals surface area (Å²) in [5.74, 6) is 0.225. The van der Waals surface area contributed by atoms with Crippen LogP contribution in [0.2, 0.25) is 0 Å². The van der Waals surface area contributed by atoms with Crippen molar-refractivity contribution in [3.05, 3.63) is 58.9 Å². The number of hydrogen-bond acceptors (Lipinski definition) is 6. The van der Waals surface area contributed by atoms with Gasteiger partial charge in [0.2, 0.25) is 5.91 Å². The molecule has 1 N–H and O–H groups in total. The molecule has 0 spiro atoms. The van der Waals surface area contributed by atoms with E-state index in [0.717, 1.165) is 10.4 Å². The van der Waals surface area contributed by atoms with E-state index < -0.39 is 6.09 Å². The highest BCUT2D eigenvalue weighted by atomic mass is 32.1. The fourth-order valence-corrected chi connectivity index (χ4v) is 4.33. The normalized spacial score (nSPS) is 15.4. The van der Waals surface area contributed by atoms with Gasteiger partial charge in [-0.3, -0.25) is 4.79 Å². The van der Waals surface area contributed by atoms with Gasteiger partial charge in [-0.15, -0.1) is 17.9 Å². The number of fused-ring (bicyclic) bond motifs is 1. The molecule has 2 aromatic heterocycles. The number of thiophene rings is 1. The molecule has 150 valence electrons. The van der Waals surface area contributed by atoms with Crippen LogP contribution in [0, 0.1) is 11.3 Å².